The average Bonchev–Trinajstić information content (AvgIpc) is 2.43. The van der Waals surface area contributed by atoms with Crippen LogP contribution in [-0.2, 0) is 11.0 Å². The van der Waals surface area contributed by atoms with Crippen LogP contribution in [0.25, 0.3) is 0 Å². The molecule has 0 spiro atoms. The number of nitrogens with zero attached hydrogens (tertiary/aromatic N) is 1. The molecule has 1 rings (SSSR count). The summed E-state index contributed by atoms with van der Waals surface area (Å²) in [6, 6.07) is 0. The summed E-state index contributed by atoms with van der Waals surface area (Å²) in [4.78, 5) is 0. The van der Waals surface area contributed by atoms with Crippen LogP contribution in [0, 0.1) is 11.3 Å². The SMILES string of the molecule is CCS(=O)N1CC(C)C(C)(CN)C1. The maximum Gasteiger partial charge on any atom is 0.0939 e. The van der Waals surface area contributed by atoms with Gasteiger partial charge in [-0.3, -0.25) is 0 Å². The van der Waals surface area contributed by atoms with Gasteiger partial charge in [-0.05, 0) is 17.9 Å². The van der Waals surface area contributed by atoms with Crippen molar-refractivity contribution in [1.82, 2.24) is 4.31 Å². The Hall–Kier alpha value is 0.0700. The Kier molecular flexibility index (Phi) is 3.49. The van der Waals surface area contributed by atoms with Crippen molar-refractivity contribution in [3.63, 3.8) is 0 Å². The predicted molar refractivity (Wildman–Crippen MR) is 56.6 cm³/mol. The Labute approximate surface area is 83.3 Å². The zero-order valence-corrected chi connectivity index (χ0v) is 9.56. The van der Waals surface area contributed by atoms with E-state index in [1.54, 1.807) is 0 Å². The topological polar surface area (TPSA) is 46.3 Å². The van der Waals surface area contributed by atoms with E-state index in [0.29, 0.717) is 18.2 Å². The second-order valence-corrected chi connectivity index (χ2v) is 5.93. The fourth-order valence-corrected chi connectivity index (χ4v) is 2.95. The van der Waals surface area contributed by atoms with E-state index < -0.39 is 11.0 Å². The summed E-state index contributed by atoms with van der Waals surface area (Å²) in [7, 11) is -0.793. The molecule has 1 aliphatic heterocycles. The van der Waals surface area contributed by atoms with E-state index in [1.165, 1.54) is 0 Å². The molecule has 1 heterocycles. The molecule has 0 aliphatic carbocycles. The number of nitrogens with two attached hydrogens (primary N) is 1. The molecule has 0 aromatic heterocycles. The van der Waals surface area contributed by atoms with Gasteiger partial charge in [0.05, 0.1) is 11.0 Å². The average molecular weight is 204 g/mol. The van der Waals surface area contributed by atoms with Gasteiger partial charge in [-0.2, -0.15) is 0 Å². The fourth-order valence-electron chi connectivity index (χ4n) is 1.75. The smallest absolute Gasteiger partial charge is 0.0939 e. The van der Waals surface area contributed by atoms with Gasteiger partial charge in [0.1, 0.15) is 0 Å². The van der Waals surface area contributed by atoms with Crippen molar-refractivity contribution in [3.05, 3.63) is 0 Å². The molecule has 13 heavy (non-hydrogen) atoms. The first-order chi connectivity index (χ1) is 6.03. The van der Waals surface area contributed by atoms with Gasteiger partial charge in [0.15, 0.2) is 0 Å². The highest BCUT2D eigenvalue weighted by Crippen LogP contribution is 2.34. The summed E-state index contributed by atoms with van der Waals surface area (Å²) in [5.74, 6) is 1.26. The summed E-state index contributed by atoms with van der Waals surface area (Å²) in [6.45, 7) is 8.83. The lowest BCUT2D eigenvalue weighted by Gasteiger charge is -2.25. The lowest BCUT2D eigenvalue weighted by molar-refractivity contribution is 0.282. The van der Waals surface area contributed by atoms with Crippen molar-refractivity contribution >= 4 is 11.0 Å². The number of hydrogen-bond donors (Lipinski definition) is 1. The summed E-state index contributed by atoms with van der Waals surface area (Å²) in [5, 5.41) is 0. The highest BCUT2D eigenvalue weighted by atomic mass is 32.2. The molecule has 0 aromatic rings. The van der Waals surface area contributed by atoms with Gasteiger partial charge in [-0.15, -0.1) is 0 Å². The van der Waals surface area contributed by atoms with Crippen molar-refractivity contribution in [2.24, 2.45) is 17.1 Å². The van der Waals surface area contributed by atoms with Crippen LogP contribution >= 0.6 is 0 Å². The molecule has 1 aliphatic rings. The molecule has 3 nitrogen and oxygen atoms in total. The first-order valence-electron chi connectivity index (χ1n) is 4.87. The molecule has 78 valence electrons. The van der Waals surface area contributed by atoms with Crippen LogP contribution in [0.3, 0.4) is 0 Å². The molecular formula is C9H20N2OS. The third-order valence-electron chi connectivity index (χ3n) is 3.21. The molecule has 1 saturated heterocycles. The van der Waals surface area contributed by atoms with Crippen LogP contribution in [0.4, 0.5) is 0 Å². The molecule has 0 aromatic carbocycles. The van der Waals surface area contributed by atoms with Gasteiger partial charge in [-0.25, -0.2) is 8.51 Å². The zero-order valence-electron chi connectivity index (χ0n) is 8.75. The largest absolute Gasteiger partial charge is 0.330 e. The lowest BCUT2D eigenvalue weighted by Crippen LogP contribution is -2.34. The maximum absolute atomic E-state index is 11.6. The minimum absolute atomic E-state index is 0.158. The summed E-state index contributed by atoms with van der Waals surface area (Å²) in [5.41, 5.74) is 5.89. The second-order valence-electron chi connectivity index (χ2n) is 4.19. The zero-order chi connectivity index (χ0) is 10.1. The summed E-state index contributed by atoms with van der Waals surface area (Å²) < 4.78 is 13.6. The molecule has 0 bridgehead atoms. The highest BCUT2D eigenvalue weighted by Gasteiger charge is 2.40. The van der Waals surface area contributed by atoms with E-state index in [-0.39, 0.29) is 5.41 Å². The van der Waals surface area contributed by atoms with E-state index in [9.17, 15) is 4.21 Å². The van der Waals surface area contributed by atoms with Crippen LogP contribution in [0.15, 0.2) is 0 Å². The Bertz CT molecular complexity index is 210. The van der Waals surface area contributed by atoms with Gasteiger partial charge in [-0.1, -0.05) is 20.8 Å². The summed E-state index contributed by atoms with van der Waals surface area (Å²) >= 11 is 0. The van der Waals surface area contributed by atoms with Crippen molar-refractivity contribution in [1.29, 1.82) is 0 Å². The van der Waals surface area contributed by atoms with Crippen molar-refractivity contribution in [2.45, 2.75) is 20.8 Å². The number of hydrogen-bond acceptors (Lipinski definition) is 2. The van der Waals surface area contributed by atoms with Gasteiger partial charge >= 0.3 is 0 Å². The van der Waals surface area contributed by atoms with Crippen molar-refractivity contribution in [2.75, 3.05) is 25.4 Å². The van der Waals surface area contributed by atoms with E-state index in [2.05, 4.69) is 18.2 Å². The first-order valence-corrected chi connectivity index (χ1v) is 6.14. The first kappa shape index (κ1) is 11.1. The minimum Gasteiger partial charge on any atom is -0.330 e. The van der Waals surface area contributed by atoms with Crippen LogP contribution in [0.2, 0.25) is 0 Å². The number of rotatable bonds is 3. The molecule has 3 atom stereocenters. The van der Waals surface area contributed by atoms with Crippen molar-refractivity contribution < 1.29 is 4.21 Å². The third kappa shape index (κ3) is 2.11. The van der Waals surface area contributed by atoms with E-state index in [1.807, 2.05) is 6.92 Å². The second kappa shape index (κ2) is 4.07. The fraction of sp³-hybridized carbons (Fsp3) is 1.00. The molecule has 3 unspecified atom stereocenters. The molecular weight excluding hydrogens is 184 g/mol. The van der Waals surface area contributed by atoms with Crippen LogP contribution in [0.5, 0.6) is 0 Å². The Morgan fingerprint density at radius 1 is 1.69 bits per heavy atom. The monoisotopic (exact) mass is 204 g/mol. The molecule has 4 heteroatoms. The Morgan fingerprint density at radius 2 is 2.31 bits per heavy atom. The van der Waals surface area contributed by atoms with Gasteiger partial charge in [0.2, 0.25) is 0 Å². The molecule has 0 saturated carbocycles. The predicted octanol–water partition coefficient (Wildman–Crippen LogP) is 0.587. The van der Waals surface area contributed by atoms with E-state index in [4.69, 9.17) is 5.73 Å². The quantitative estimate of drug-likeness (QED) is 0.731. The Morgan fingerprint density at radius 3 is 2.69 bits per heavy atom. The van der Waals surface area contributed by atoms with Crippen molar-refractivity contribution in [3.8, 4) is 0 Å². The van der Waals surface area contributed by atoms with Crippen LogP contribution in [-0.4, -0.2) is 33.9 Å². The van der Waals surface area contributed by atoms with E-state index >= 15 is 0 Å². The maximum atomic E-state index is 11.6. The lowest BCUT2D eigenvalue weighted by atomic mass is 9.81. The normalized spacial score (nSPS) is 38.0. The molecule has 2 N–H and O–H groups in total. The third-order valence-corrected chi connectivity index (χ3v) is 4.55. The summed E-state index contributed by atoms with van der Waals surface area (Å²) in [6.07, 6.45) is 0. The molecule has 0 radical (unpaired) electrons. The van der Waals surface area contributed by atoms with Gasteiger partial charge < -0.3 is 5.73 Å². The Balaban J connectivity index is 2.65. The van der Waals surface area contributed by atoms with Crippen LogP contribution < -0.4 is 5.73 Å². The minimum atomic E-state index is -0.793. The standard InChI is InChI=1S/C9H20N2OS/c1-4-13(12)11-5-8(2)9(3,6-10)7-11/h8H,4-7,10H2,1-3H3. The van der Waals surface area contributed by atoms with Crippen LogP contribution in [0.1, 0.15) is 20.8 Å². The van der Waals surface area contributed by atoms with Gasteiger partial charge in [0.25, 0.3) is 0 Å². The van der Waals surface area contributed by atoms with E-state index in [0.717, 1.165) is 13.1 Å². The van der Waals surface area contributed by atoms with Gasteiger partial charge in [0, 0.05) is 18.8 Å². The molecule has 1 fully saturated rings. The molecule has 0 amide bonds. The highest BCUT2D eigenvalue weighted by molar-refractivity contribution is 7.82.